The van der Waals surface area contributed by atoms with E-state index in [1.807, 2.05) is 37.3 Å². The Labute approximate surface area is 188 Å². The van der Waals surface area contributed by atoms with E-state index in [1.165, 1.54) is 16.8 Å². The highest BCUT2D eigenvalue weighted by Crippen LogP contribution is 2.27. The predicted octanol–water partition coefficient (Wildman–Crippen LogP) is 1.88. The number of halogens is 1. The predicted molar refractivity (Wildman–Crippen MR) is 123 cm³/mol. The summed E-state index contributed by atoms with van der Waals surface area (Å²) in [5.74, 6) is 0.358. The highest BCUT2D eigenvalue weighted by atomic mass is 35.5. The van der Waals surface area contributed by atoms with Crippen LogP contribution in [0, 0.1) is 0 Å². The van der Waals surface area contributed by atoms with Gasteiger partial charge >= 0.3 is 0 Å². The summed E-state index contributed by atoms with van der Waals surface area (Å²) in [6.45, 7) is 3.63. The van der Waals surface area contributed by atoms with E-state index in [2.05, 4.69) is 5.32 Å². The zero-order chi connectivity index (χ0) is 22.4. The third kappa shape index (κ3) is 6.07. The molecule has 2 aromatic rings. The van der Waals surface area contributed by atoms with E-state index < -0.39 is 10.0 Å². The van der Waals surface area contributed by atoms with Crippen LogP contribution in [0.15, 0.2) is 53.9 Å². The number of hydrogen-bond acceptors (Lipinski definition) is 4. The summed E-state index contributed by atoms with van der Waals surface area (Å²) in [5.41, 5.74) is 1.34. The van der Waals surface area contributed by atoms with Crippen molar-refractivity contribution in [2.75, 3.05) is 38.6 Å². The average molecular weight is 465 g/mol. The van der Waals surface area contributed by atoms with Crippen molar-refractivity contribution in [1.82, 2.24) is 4.31 Å². The summed E-state index contributed by atoms with van der Waals surface area (Å²) in [5, 5.41) is 4.61. The summed E-state index contributed by atoms with van der Waals surface area (Å²) in [6.07, 6.45) is 1.60. The lowest BCUT2D eigenvalue weighted by Gasteiger charge is -2.33. The van der Waals surface area contributed by atoms with Gasteiger partial charge in [-0.25, -0.2) is 8.42 Å². The lowest BCUT2D eigenvalue weighted by Crippen LogP contribution is -3.19. The Hall–Kier alpha value is -2.39. The monoisotopic (exact) mass is 464 g/mol. The van der Waals surface area contributed by atoms with E-state index in [-0.39, 0.29) is 11.9 Å². The fraction of sp³-hybridized carbons (Fsp3) is 0.318. The molecule has 2 aromatic carbocycles. The Balaban J connectivity index is 1.58. The Kier molecular flexibility index (Phi) is 7.72. The van der Waals surface area contributed by atoms with Gasteiger partial charge in [-0.2, -0.15) is 4.31 Å². The second kappa shape index (κ2) is 10.3. The largest absolute Gasteiger partial charge is 0.495 e. The van der Waals surface area contributed by atoms with Gasteiger partial charge in [0.15, 0.2) is 6.04 Å². The van der Waals surface area contributed by atoms with Crippen molar-refractivity contribution in [2.45, 2.75) is 13.0 Å². The van der Waals surface area contributed by atoms with Crippen molar-refractivity contribution in [3.8, 4) is 5.75 Å². The number of benzene rings is 2. The van der Waals surface area contributed by atoms with Crippen LogP contribution in [0.3, 0.4) is 0 Å². The minimum atomic E-state index is -3.51. The molecule has 1 fully saturated rings. The van der Waals surface area contributed by atoms with Crippen LogP contribution in [-0.2, 0) is 14.8 Å². The molecular formula is C22H27ClN3O4S+. The maximum Gasteiger partial charge on any atom is 0.282 e. The standard InChI is InChI=1S/C22H26ClN3O4S/c1-17(22(27)24-20-16-19(23)8-9-21(20)30-2)25-11-13-26(14-12-25)31(28,29)15-10-18-6-4-3-5-7-18/h3-10,15-17H,11-14H2,1-2H3,(H,24,27)/p+1/b15-10+/t17-/m0/s1. The number of methoxy groups -OCH3 is 1. The summed E-state index contributed by atoms with van der Waals surface area (Å²) < 4.78 is 32.0. The summed E-state index contributed by atoms with van der Waals surface area (Å²) in [6, 6.07) is 14.0. The zero-order valence-corrected chi connectivity index (χ0v) is 19.1. The molecule has 0 unspecified atom stereocenters. The Bertz CT molecular complexity index is 1040. The first-order valence-corrected chi connectivity index (χ1v) is 11.9. The molecule has 3 rings (SSSR count). The smallest absolute Gasteiger partial charge is 0.282 e. The highest BCUT2D eigenvalue weighted by molar-refractivity contribution is 7.92. The molecule has 1 aliphatic rings. The molecule has 31 heavy (non-hydrogen) atoms. The molecule has 166 valence electrons. The number of piperazine rings is 1. The molecular weight excluding hydrogens is 438 g/mol. The fourth-order valence-corrected chi connectivity index (χ4v) is 4.84. The quantitative estimate of drug-likeness (QED) is 0.655. The van der Waals surface area contributed by atoms with Gasteiger partial charge in [0.2, 0.25) is 10.0 Å². The molecule has 0 radical (unpaired) electrons. The molecule has 1 amide bonds. The van der Waals surface area contributed by atoms with Gasteiger partial charge in [0.1, 0.15) is 5.75 Å². The molecule has 1 atom stereocenters. The number of carbonyl (C=O) groups excluding carboxylic acids is 1. The SMILES string of the molecule is COc1ccc(Cl)cc1NC(=O)[C@H](C)[NH+]1CCN(S(=O)(=O)/C=C/c2ccccc2)CC1. The molecule has 1 heterocycles. The van der Waals surface area contributed by atoms with Crippen LogP contribution in [0.2, 0.25) is 5.02 Å². The van der Waals surface area contributed by atoms with E-state index in [1.54, 1.807) is 24.3 Å². The minimum absolute atomic E-state index is 0.171. The van der Waals surface area contributed by atoms with E-state index in [9.17, 15) is 13.2 Å². The van der Waals surface area contributed by atoms with Gasteiger partial charge in [0.25, 0.3) is 5.91 Å². The molecule has 0 aliphatic carbocycles. The lowest BCUT2D eigenvalue weighted by atomic mass is 10.2. The summed E-state index contributed by atoms with van der Waals surface area (Å²) in [7, 11) is -1.98. The van der Waals surface area contributed by atoms with Gasteiger partial charge in [-0.15, -0.1) is 0 Å². The average Bonchev–Trinajstić information content (AvgIpc) is 2.78. The maximum atomic E-state index is 12.8. The molecule has 0 spiro atoms. The molecule has 2 N–H and O–H groups in total. The number of nitrogens with zero attached hydrogens (tertiary/aromatic N) is 1. The first-order chi connectivity index (χ1) is 14.8. The molecule has 0 aromatic heterocycles. The number of nitrogens with one attached hydrogen (secondary N) is 2. The van der Waals surface area contributed by atoms with Crippen LogP contribution < -0.4 is 15.0 Å². The molecule has 0 bridgehead atoms. The van der Waals surface area contributed by atoms with Crippen LogP contribution >= 0.6 is 11.6 Å². The van der Waals surface area contributed by atoms with E-state index in [4.69, 9.17) is 16.3 Å². The van der Waals surface area contributed by atoms with Crippen molar-refractivity contribution in [3.63, 3.8) is 0 Å². The van der Waals surface area contributed by atoms with Crippen molar-refractivity contribution in [1.29, 1.82) is 0 Å². The van der Waals surface area contributed by atoms with Crippen LogP contribution in [0.4, 0.5) is 5.69 Å². The van der Waals surface area contributed by atoms with Gasteiger partial charge in [-0.05, 0) is 36.8 Å². The first-order valence-electron chi connectivity index (χ1n) is 10.0. The van der Waals surface area contributed by atoms with Crippen LogP contribution in [0.1, 0.15) is 12.5 Å². The Morgan fingerprint density at radius 1 is 1.19 bits per heavy atom. The van der Waals surface area contributed by atoms with Gasteiger partial charge in [-0.1, -0.05) is 41.9 Å². The third-order valence-corrected chi connectivity index (χ3v) is 7.18. The fourth-order valence-electron chi connectivity index (χ4n) is 3.48. The molecule has 1 saturated heterocycles. The van der Waals surface area contributed by atoms with E-state index in [0.717, 1.165) is 10.5 Å². The number of quaternary nitrogens is 1. The van der Waals surface area contributed by atoms with Gasteiger partial charge in [-0.3, -0.25) is 4.79 Å². The van der Waals surface area contributed by atoms with Gasteiger partial charge in [0.05, 0.1) is 39.0 Å². The number of anilines is 1. The van der Waals surface area contributed by atoms with Crippen LogP contribution in [-0.4, -0.2) is 58.0 Å². The highest BCUT2D eigenvalue weighted by Gasteiger charge is 2.33. The zero-order valence-electron chi connectivity index (χ0n) is 17.5. The van der Waals surface area contributed by atoms with Crippen LogP contribution in [0.25, 0.3) is 6.08 Å². The summed E-state index contributed by atoms with van der Waals surface area (Å²) >= 11 is 6.03. The van der Waals surface area contributed by atoms with Crippen molar-refractivity contribution < 1.29 is 22.8 Å². The van der Waals surface area contributed by atoms with Gasteiger partial charge in [0, 0.05) is 10.4 Å². The van der Waals surface area contributed by atoms with E-state index >= 15 is 0 Å². The normalized spacial score (nSPS) is 16.9. The van der Waals surface area contributed by atoms with Crippen LogP contribution in [0.5, 0.6) is 5.75 Å². The Morgan fingerprint density at radius 3 is 2.52 bits per heavy atom. The topological polar surface area (TPSA) is 80.2 Å². The second-order valence-electron chi connectivity index (χ2n) is 7.37. The molecule has 7 nitrogen and oxygen atoms in total. The second-order valence-corrected chi connectivity index (χ2v) is 9.63. The van der Waals surface area contributed by atoms with Crippen molar-refractivity contribution in [2.24, 2.45) is 0 Å². The number of ether oxygens (including phenoxy) is 1. The van der Waals surface area contributed by atoms with Crippen molar-refractivity contribution in [3.05, 3.63) is 64.5 Å². The number of rotatable bonds is 7. The van der Waals surface area contributed by atoms with Gasteiger partial charge < -0.3 is 15.0 Å². The minimum Gasteiger partial charge on any atom is -0.495 e. The number of amides is 1. The Morgan fingerprint density at radius 2 is 1.87 bits per heavy atom. The number of sulfonamides is 1. The number of carbonyl (C=O) groups is 1. The first kappa shape index (κ1) is 23.3. The third-order valence-electron chi connectivity index (χ3n) is 5.38. The molecule has 0 saturated carbocycles. The van der Waals surface area contributed by atoms with Crippen molar-refractivity contribution >= 4 is 39.3 Å². The number of hydrogen-bond donors (Lipinski definition) is 2. The summed E-state index contributed by atoms with van der Waals surface area (Å²) in [4.78, 5) is 13.8. The molecule has 1 aliphatic heterocycles. The molecule has 9 heteroatoms. The maximum absolute atomic E-state index is 12.8. The lowest BCUT2D eigenvalue weighted by molar-refractivity contribution is -0.917. The van der Waals surface area contributed by atoms with E-state index in [0.29, 0.717) is 42.6 Å².